The molecular formula is C22H34O2. The first-order valence-electron chi connectivity index (χ1n) is 9.78. The molecule has 3 rings (SSSR count). The summed E-state index contributed by atoms with van der Waals surface area (Å²) < 4.78 is 0. The van der Waals surface area contributed by atoms with Gasteiger partial charge in [0.25, 0.3) is 0 Å². The van der Waals surface area contributed by atoms with Crippen molar-refractivity contribution in [2.24, 2.45) is 23.2 Å². The van der Waals surface area contributed by atoms with E-state index in [4.69, 9.17) is 0 Å². The van der Waals surface area contributed by atoms with E-state index in [-0.39, 0.29) is 0 Å². The van der Waals surface area contributed by atoms with Gasteiger partial charge in [0.05, 0.1) is 12.2 Å². The third kappa shape index (κ3) is 3.15. The lowest BCUT2D eigenvalue weighted by Gasteiger charge is -2.43. The largest absolute Gasteiger partial charge is 0.393 e. The molecule has 0 aromatic carbocycles. The van der Waals surface area contributed by atoms with Gasteiger partial charge in [0.2, 0.25) is 0 Å². The first-order valence-corrected chi connectivity index (χ1v) is 9.78. The van der Waals surface area contributed by atoms with Crippen LogP contribution in [0.2, 0.25) is 0 Å². The van der Waals surface area contributed by atoms with Gasteiger partial charge in [-0.25, -0.2) is 0 Å². The van der Waals surface area contributed by atoms with Crippen molar-refractivity contribution >= 4 is 0 Å². The van der Waals surface area contributed by atoms with Crippen LogP contribution in [-0.2, 0) is 0 Å². The van der Waals surface area contributed by atoms with Gasteiger partial charge in [-0.15, -0.1) is 0 Å². The Morgan fingerprint density at radius 2 is 1.96 bits per heavy atom. The van der Waals surface area contributed by atoms with Gasteiger partial charge >= 0.3 is 0 Å². The normalized spacial score (nSPS) is 43.7. The fourth-order valence-electron chi connectivity index (χ4n) is 5.84. The van der Waals surface area contributed by atoms with Gasteiger partial charge in [0, 0.05) is 6.42 Å². The lowest BCUT2D eigenvalue weighted by atomic mass is 9.61. The molecule has 0 aromatic rings. The minimum atomic E-state index is -0.591. The highest BCUT2D eigenvalue weighted by Gasteiger charge is 2.49. The standard InChI is InChI=1S/C22H34O2/c1-14(2)19-9-10-20-16(6-5-11-22(19,20)4)7-8-17-12-18(23)13-21(24)15(17)3/h7-8,14,18-21,23-24H,3,5-6,9-13H2,1-2,4H3/b16-7+,17-8-/t18-,19?,20?,21?,22-/m1/s1. The molecule has 0 aliphatic heterocycles. The zero-order valence-electron chi connectivity index (χ0n) is 15.6. The molecule has 2 heteroatoms. The summed E-state index contributed by atoms with van der Waals surface area (Å²) in [6, 6.07) is 0. The summed E-state index contributed by atoms with van der Waals surface area (Å²) in [5, 5.41) is 20.0. The molecule has 3 unspecified atom stereocenters. The predicted octanol–water partition coefficient (Wildman–Crippen LogP) is 4.78. The molecule has 3 aliphatic carbocycles. The van der Waals surface area contributed by atoms with Crippen LogP contribution in [0.1, 0.15) is 65.7 Å². The van der Waals surface area contributed by atoms with Crippen LogP contribution in [0, 0.1) is 23.2 Å². The van der Waals surface area contributed by atoms with E-state index in [2.05, 4.69) is 39.5 Å². The number of fused-ring (bicyclic) bond motifs is 1. The van der Waals surface area contributed by atoms with Crippen molar-refractivity contribution in [1.29, 1.82) is 0 Å². The van der Waals surface area contributed by atoms with E-state index in [0.29, 0.717) is 24.2 Å². The molecule has 134 valence electrons. The molecule has 5 atom stereocenters. The van der Waals surface area contributed by atoms with Crippen molar-refractivity contribution in [3.05, 3.63) is 35.5 Å². The van der Waals surface area contributed by atoms with E-state index in [1.807, 2.05) is 0 Å². The Hall–Kier alpha value is -0.860. The van der Waals surface area contributed by atoms with Crippen LogP contribution in [0.5, 0.6) is 0 Å². The fourth-order valence-corrected chi connectivity index (χ4v) is 5.84. The van der Waals surface area contributed by atoms with E-state index in [0.717, 1.165) is 23.0 Å². The summed E-state index contributed by atoms with van der Waals surface area (Å²) in [6.45, 7) is 11.3. The van der Waals surface area contributed by atoms with Gasteiger partial charge in [0.1, 0.15) is 0 Å². The van der Waals surface area contributed by atoms with Crippen molar-refractivity contribution < 1.29 is 10.2 Å². The molecule has 24 heavy (non-hydrogen) atoms. The van der Waals surface area contributed by atoms with Gasteiger partial charge in [-0.2, -0.15) is 0 Å². The molecule has 2 N–H and O–H groups in total. The Labute approximate surface area is 147 Å². The van der Waals surface area contributed by atoms with Crippen LogP contribution >= 0.6 is 0 Å². The highest BCUT2D eigenvalue weighted by molar-refractivity contribution is 5.38. The minimum absolute atomic E-state index is 0.420. The maximum atomic E-state index is 10.0. The number of allylic oxidation sites excluding steroid dienone is 3. The van der Waals surface area contributed by atoms with E-state index in [1.54, 1.807) is 5.57 Å². The summed E-state index contributed by atoms with van der Waals surface area (Å²) in [5.74, 6) is 2.32. The number of aliphatic hydroxyl groups excluding tert-OH is 2. The van der Waals surface area contributed by atoms with Gasteiger partial charge in [-0.3, -0.25) is 0 Å². The monoisotopic (exact) mass is 330 g/mol. The average Bonchev–Trinajstić information content (AvgIpc) is 2.87. The predicted molar refractivity (Wildman–Crippen MR) is 99.6 cm³/mol. The number of rotatable bonds is 2. The van der Waals surface area contributed by atoms with Crippen molar-refractivity contribution in [1.82, 2.24) is 0 Å². The molecule has 0 aromatic heterocycles. The van der Waals surface area contributed by atoms with Crippen LogP contribution in [0.3, 0.4) is 0 Å². The lowest BCUT2D eigenvalue weighted by Crippen LogP contribution is -2.35. The van der Waals surface area contributed by atoms with Gasteiger partial charge in [-0.1, -0.05) is 45.1 Å². The highest BCUT2D eigenvalue weighted by atomic mass is 16.3. The second kappa shape index (κ2) is 6.80. The summed E-state index contributed by atoms with van der Waals surface area (Å²) in [5.41, 5.74) is 3.86. The second-order valence-electron chi connectivity index (χ2n) is 8.91. The summed E-state index contributed by atoms with van der Waals surface area (Å²) in [6.07, 6.45) is 11.0. The molecule has 3 aliphatic rings. The first-order chi connectivity index (χ1) is 11.3. The molecule has 0 radical (unpaired) electrons. The Balaban J connectivity index is 1.83. The van der Waals surface area contributed by atoms with Crippen molar-refractivity contribution in [3.8, 4) is 0 Å². The van der Waals surface area contributed by atoms with Crippen LogP contribution in [0.4, 0.5) is 0 Å². The summed E-state index contributed by atoms with van der Waals surface area (Å²) >= 11 is 0. The molecule has 3 saturated carbocycles. The Bertz CT molecular complexity index is 556. The molecule has 2 nitrogen and oxygen atoms in total. The van der Waals surface area contributed by atoms with E-state index >= 15 is 0 Å². The molecule has 0 heterocycles. The zero-order valence-corrected chi connectivity index (χ0v) is 15.6. The third-order valence-electron chi connectivity index (χ3n) is 7.11. The molecule has 3 fully saturated rings. The van der Waals surface area contributed by atoms with Crippen LogP contribution in [-0.4, -0.2) is 22.4 Å². The second-order valence-corrected chi connectivity index (χ2v) is 8.91. The van der Waals surface area contributed by atoms with Crippen LogP contribution in [0.15, 0.2) is 35.5 Å². The lowest BCUT2D eigenvalue weighted by molar-refractivity contribution is 0.0862. The molecule has 0 amide bonds. The number of hydrogen-bond donors (Lipinski definition) is 2. The third-order valence-corrected chi connectivity index (χ3v) is 7.11. The fraction of sp³-hybridized carbons (Fsp3) is 0.727. The van der Waals surface area contributed by atoms with E-state index in [9.17, 15) is 10.2 Å². The van der Waals surface area contributed by atoms with Crippen molar-refractivity contribution in [2.75, 3.05) is 0 Å². The van der Waals surface area contributed by atoms with E-state index < -0.39 is 12.2 Å². The highest BCUT2D eigenvalue weighted by Crippen LogP contribution is 2.59. The topological polar surface area (TPSA) is 40.5 Å². The quantitative estimate of drug-likeness (QED) is 0.764. The molecule has 0 saturated heterocycles. The van der Waals surface area contributed by atoms with Gasteiger partial charge in [-0.05, 0) is 72.8 Å². The maximum absolute atomic E-state index is 10.0. The summed E-state index contributed by atoms with van der Waals surface area (Å²) in [4.78, 5) is 0. The molecular weight excluding hydrogens is 296 g/mol. The maximum Gasteiger partial charge on any atom is 0.0811 e. The van der Waals surface area contributed by atoms with Crippen LogP contribution in [0.25, 0.3) is 0 Å². The van der Waals surface area contributed by atoms with Crippen molar-refractivity contribution in [2.45, 2.75) is 77.9 Å². The van der Waals surface area contributed by atoms with E-state index in [1.165, 1.54) is 32.1 Å². The SMILES string of the molecule is C=C1/C(=C\C=C2/CCC[C@@]3(C)C2CCC3C(C)C)C[C@@H](O)CC1O. The smallest absolute Gasteiger partial charge is 0.0811 e. The summed E-state index contributed by atoms with van der Waals surface area (Å²) in [7, 11) is 0. The Morgan fingerprint density at radius 3 is 2.67 bits per heavy atom. The minimum Gasteiger partial charge on any atom is -0.393 e. The van der Waals surface area contributed by atoms with Crippen molar-refractivity contribution in [3.63, 3.8) is 0 Å². The average molecular weight is 331 g/mol. The molecule has 0 spiro atoms. The zero-order chi connectivity index (χ0) is 17.5. The molecule has 0 bridgehead atoms. The Morgan fingerprint density at radius 1 is 1.21 bits per heavy atom. The van der Waals surface area contributed by atoms with Gasteiger partial charge < -0.3 is 10.2 Å². The Kier molecular flexibility index (Phi) is 5.09. The van der Waals surface area contributed by atoms with Gasteiger partial charge in [0.15, 0.2) is 0 Å². The number of hydrogen-bond acceptors (Lipinski definition) is 2. The first kappa shape index (κ1) is 17.9. The van der Waals surface area contributed by atoms with Crippen LogP contribution < -0.4 is 0 Å². The number of aliphatic hydroxyl groups is 2.